The second-order valence-electron chi connectivity index (χ2n) is 4.97. The summed E-state index contributed by atoms with van der Waals surface area (Å²) in [6.07, 6.45) is 0. The molecule has 0 amide bonds. The number of aromatic hydroxyl groups is 1. The molecule has 0 spiro atoms. The highest BCUT2D eigenvalue weighted by atomic mass is 16.5. The normalized spacial score (nSPS) is 12.6. The molecule has 1 unspecified atom stereocenters. The molecule has 2 N–H and O–H groups in total. The first-order chi connectivity index (χ1) is 8.99. The van der Waals surface area contributed by atoms with E-state index in [0.29, 0.717) is 12.3 Å². The van der Waals surface area contributed by atoms with E-state index in [2.05, 4.69) is 17.4 Å². The van der Waals surface area contributed by atoms with E-state index >= 15 is 0 Å². The summed E-state index contributed by atoms with van der Waals surface area (Å²) in [7, 11) is 0. The van der Waals surface area contributed by atoms with Crippen LogP contribution in [0, 0.1) is 20.8 Å². The summed E-state index contributed by atoms with van der Waals surface area (Å²) in [6.45, 7) is 8.55. The van der Waals surface area contributed by atoms with Crippen LogP contribution in [0.2, 0.25) is 0 Å². The minimum absolute atomic E-state index is 0.131. The standard InChI is InChI=1S/C15H20N2O2/c1-9-5-6-14(18)13(7-9)8-16-10(2)15-11(3)17-19-12(15)4/h5-7,10,16,18H,8H2,1-4H3. The molecular weight excluding hydrogens is 240 g/mol. The summed E-state index contributed by atoms with van der Waals surface area (Å²) in [5, 5.41) is 17.2. The van der Waals surface area contributed by atoms with Gasteiger partial charge in [0, 0.05) is 23.7 Å². The molecule has 4 heteroatoms. The molecule has 1 aromatic carbocycles. The maximum absolute atomic E-state index is 9.82. The lowest BCUT2D eigenvalue weighted by Gasteiger charge is -2.14. The predicted octanol–water partition coefficient (Wildman–Crippen LogP) is 3.16. The van der Waals surface area contributed by atoms with Gasteiger partial charge in [-0.15, -0.1) is 0 Å². The number of rotatable bonds is 4. The topological polar surface area (TPSA) is 58.3 Å². The molecule has 2 rings (SSSR count). The number of aromatic nitrogens is 1. The highest BCUT2D eigenvalue weighted by molar-refractivity contribution is 5.35. The molecular formula is C15H20N2O2. The van der Waals surface area contributed by atoms with Crippen molar-refractivity contribution in [1.82, 2.24) is 10.5 Å². The molecule has 0 saturated carbocycles. The van der Waals surface area contributed by atoms with Crippen LogP contribution in [0.3, 0.4) is 0 Å². The van der Waals surface area contributed by atoms with E-state index in [1.807, 2.05) is 32.9 Å². The van der Waals surface area contributed by atoms with Crippen LogP contribution in [0.1, 0.15) is 41.1 Å². The van der Waals surface area contributed by atoms with Gasteiger partial charge in [0.05, 0.1) is 5.69 Å². The third kappa shape index (κ3) is 2.96. The summed E-state index contributed by atoms with van der Waals surface area (Å²) in [5.41, 5.74) is 4.04. The maximum atomic E-state index is 9.82. The smallest absolute Gasteiger partial charge is 0.138 e. The summed E-state index contributed by atoms with van der Waals surface area (Å²) in [5.74, 6) is 1.16. The molecule has 2 aromatic rings. The van der Waals surface area contributed by atoms with Crippen molar-refractivity contribution in [3.05, 3.63) is 46.3 Å². The number of hydrogen-bond donors (Lipinski definition) is 2. The minimum Gasteiger partial charge on any atom is -0.508 e. The number of hydrogen-bond acceptors (Lipinski definition) is 4. The Hall–Kier alpha value is -1.81. The predicted molar refractivity (Wildman–Crippen MR) is 74.1 cm³/mol. The molecule has 19 heavy (non-hydrogen) atoms. The summed E-state index contributed by atoms with van der Waals surface area (Å²) in [4.78, 5) is 0. The van der Waals surface area contributed by atoms with Gasteiger partial charge in [-0.3, -0.25) is 0 Å². The number of aryl methyl sites for hydroxylation is 3. The minimum atomic E-state index is 0.131. The van der Waals surface area contributed by atoms with Crippen molar-refractivity contribution in [2.45, 2.75) is 40.3 Å². The average molecular weight is 260 g/mol. The molecule has 102 valence electrons. The van der Waals surface area contributed by atoms with Gasteiger partial charge in [0.1, 0.15) is 11.5 Å². The van der Waals surface area contributed by atoms with Gasteiger partial charge in [-0.25, -0.2) is 0 Å². The van der Waals surface area contributed by atoms with Crippen LogP contribution in [-0.2, 0) is 6.54 Å². The molecule has 0 saturated heterocycles. The van der Waals surface area contributed by atoms with Gasteiger partial charge in [0.25, 0.3) is 0 Å². The van der Waals surface area contributed by atoms with Crippen LogP contribution in [0.15, 0.2) is 22.7 Å². The highest BCUT2D eigenvalue weighted by Gasteiger charge is 2.16. The summed E-state index contributed by atoms with van der Waals surface area (Å²) >= 11 is 0. The average Bonchev–Trinajstić information content (AvgIpc) is 2.70. The van der Waals surface area contributed by atoms with Crippen LogP contribution in [0.5, 0.6) is 5.75 Å². The fourth-order valence-corrected chi connectivity index (χ4v) is 2.33. The number of phenols is 1. The fraction of sp³-hybridized carbons (Fsp3) is 0.400. The van der Waals surface area contributed by atoms with E-state index < -0.39 is 0 Å². The van der Waals surface area contributed by atoms with Crippen LogP contribution >= 0.6 is 0 Å². The quantitative estimate of drug-likeness (QED) is 0.886. The molecule has 0 bridgehead atoms. The van der Waals surface area contributed by atoms with E-state index in [4.69, 9.17) is 4.52 Å². The van der Waals surface area contributed by atoms with Crippen molar-refractivity contribution in [3.63, 3.8) is 0 Å². The van der Waals surface area contributed by atoms with Crippen LogP contribution < -0.4 is 5.32 Å². The molecule has 0 aliphatic carbocycles. The summed E-state index contributed by atoms with van der Waals surface area (Å²) < 4.78 is 5.17. The van der Waals surface area contributed by atoms with Crippen LogP contribution in [0.4, 0.5) is 0 Å². The Bertz CT molecular complexity index is 556. The Morgan fingerprint density at radius 2 is 2.05 bits per heavy atom. The third-order valence-corrected chi connectivity index (χ3v) is 3.36. The number of nitrogens with one attached hydrogen (secondary N) is 1. The Labute approximate surface area is 113 Å². The van der Waals surface area contributed by atoms with Crippen LogP contribution in [0.25, 0.3) is 0 Å². The van der Waals surface area contributed by atoms with Crippen molar-refractivity contribution >= 4 is 0 Å². The number of phenolic OH excluding ortho intramolecular Hbond substituents is 1. The number of nitrogens with zero attached hydrogens (tertiary/aromatic N) is 1. The van der Waals surface area contributed by atoms with Gasteiger partial charge >= 0.3 is 0 Å². The molecule has 1 atom stereocenters. The van der Waals surface area contributed by atoms with Gasteiger partial charge in [-0.1, -0.05) is 22.9 Å². The van der Waals surface area contributed by atoms with E-state index in [0.717, 1.165) is 28.1 Å². The second kappa shape index (κ2) is 5.45. The van der Waals surface area contributed by atoms with Gasteiger partial charge in [0.2, 0.25) is 0 Å². The van der Waals surface area contributed by atoms with Crippen molar-refractivity contribution in [2.24, 2.45) is 0 Å². The lowest BCUT2D eigenvalue weighted by atomic mass is 10.1. The highest BCUT2D eigenvalue weighted by Crippen LogP contribution is 2.23. The van der Waals surface area contributed by atoms with Gasteiger partial charge in [0.15, 0.2) is 0 Å². The Morgan fingerprint density at radius 3 is 2.68 bits per heavy atom. The first-order valence-electron chi connectivity index (χ1n) is 6.43. The summed E-state index contributed by atoms with van der Waals surface area (Å²) in [6, 6.07) is 5.75. The monoisotopic (exact) mass is 260 g/mol. The maximum Gasteiger partial charge on any atom is 0.138 e. The van der Waals surface area contributed by atoms with Gasteiger partial charge < -0.3 is 14.9 Å². The van der Waals surface area contributed by atoms with E-state index in [1.54, 1.807) is 6.07 Å². The van der Waals surface area contributed by atoms with Gasteiger partial charge in [-0.05, 0) is 33.8 Å². The molecule has 4 nitrogen and oxygen atoms in total. The SMILES string of the molecule is Cc1ccc(O)c(CNC(C)c2c(C)noc2C)c1. The van der Waals surface area contributed by atoms with Gasteiger partial charge in [-0.2, -0.15) is 0 Å². The molecule has 1 heterocycles. The zero-order valence-electron chi connectivity index (χ0n) is 11.8. The molecule has 0 aliphatic heterocycles. The zero-order valence-corrected chi connectivity index (χ0v) is 11.8. The van der Waals surface area contributed by atoms with E-state index in [-0.39, 0.29) is 6.04 Å². The van der Waals surface area contributed by atoms with E-state index in [1.165, 1.54) is 0 Å². The van der Waals surface area contributed by atoms with Crippen molar-refractivity contribution < 1.29 is 9.63 Å². The van der Waals surface area contributed by atoms with Crippen molar-refractivity contribution in [2.75, 3.05) is 0 Å². The zero-order chi connectivity index (χ0) is 14.0. The third-order valence-electron chi connectivity index (χ3n) is 3.36. The number of benzene rings is 1. The Morgan fingerprint density at radius 1 is 1.32 bits per heavy atom. The Balaban J connectivity index is 2.08. The first-order valence-corrected chi connectivity index (χ1v) is 6.43. The molecule has 1 aromatic heterocycles. The fourth-order valence-electron chi connectivity index (χ4n) is 2.33. The van der Waals surface area contributed by atoms with E-state index in [9.17, 15) is 5.11 Å². The van der Waals surface area contributed by atoms with Crippen LogP contribution in [-0.4, -0.2) is 10.3 Å². The molecule has 0 radical (unpaired) electrons. The first kappa shape index (κ1) is 13.6. The van der Waals surface area contributed by atoms with Crippen molar-refractivity contribution in [3.8, 4) is 5.75 Å². The van der Waals surface area contributed by atoms with Crippen molar-refractivity contribution in [1.29, 1.82) is 0 Å². The molecule has 0 fully saturated rings. The lowest BCUT2D eigenvalue weighted by Crippen LogP contribution is -2.19. The largest absolute Gasteiger partial charge is 0.508 e. The molecule has 0 aliphatic rings. The Kier molecular flexibility index (Phi) is 3.90. The second-order valence-corrected chi connectivity index (χ2v) is 4.97. The lowest BCUT2D eigenvalue weighted by molar-refractivity contribution is 0.390.